The first-order chi connectivity index (χ1) is 11.1. The Morgan fingerprint density at radius 1 is 1.04 bits per heavy atom. The maximum atomic E-state index is 12.5. The van der Waals surface area contributed by atoms with Gasteiger partial charge in [-0.05, 0) is 41.5 Å². The minimum Gasteiger partial charge on any atom is -0.444 e. The van der Waals surface area contributed by atoms with Crippen LogP contribution in [-0.4, -0.2) is 63.1 Å². The van der Waals surface area contributed by atoms with Gasteiger partial charge in [-0.1, -0.05) is 0 Å². The first kappa shape index (κ1) is 18.3. The Balaban J connectivity index is 1.90. The van der Waals surface area contributed by atoms with Crippen molar-refractivity contribution in [3.8, 4) is 0 Å². The van der Waals surface area contributed by atoms with E-state index >= 15 is 0 Å². The fraction of sp³-hybridized carbons (Fsp3) is 0.706. The number of aromatic nitrogens is 2. The second-order valence-electron chi connectivity index (χ2n) is 7.26. The van der Waals surface area contributed by atoms with Crippen molar-refractivity contribution >= 4 is 12.0 Å². The maximum Gasteiger partial charge on any atom is 0.410 e. The summed E-state index contributed by atoms with van der Waals surface area (Å²) in [5, 5.41) is 0. The number of aryl methyl sites for hydroxylation is 2. The third-order valence-corrected chi connectivity index (χ3v) is 4.23. The fourth-order valence-electron chi connectivity index (χ4n) is 2.76. The van der Waals surface area contributed by atoms with E-state index in [0.717, 1.165) is 17.2 Å². The summed E-state index contributed by atoms with van der Waals surface area (Å²) in [6.45, 7) is 13.7. The van der Waals surface area contributed by atoms with Crippen LogP contribution in [0.1, 0.15) is 38.0 Å². The standard InChI is InChI=1S/C17H28N4O3/c1-12-13(2)21(14(3)18-12)11-15(22)19-7-9-20(10-8-19)16(23)24-17(4,5)6/h7-11H2,1-6H3. The Morgan fingerprint density at radius 3 is 2.04 bits per heavy atom. The molecular weight excluding hydrogens is 308 g/mol. The number of carbonyl (C=O) groups is 2. The molecule has 0 unspecified atom stereocenters. The number of imidazole rings is 1. The summed E-state index contributed by atoms with van der Waals surface area (Å²) in [4.78, 5) is 32.5. The SMILES string of the molecule is Cc1nc(C)n(CC(=O)N2CCN(C(=O)OC(C)(C)C)CC2)c1C. The summed E-state index contributed by atoms with van der Waals surface area (Å²) >= 11 is 0. The van der Waals surface area contributed by atoms with Gasteiger partial charge in [0, 0.05) is 31.9 Å². The molecule has 0 N–H and O–H groups in total. The molecule has 2 rings (SSSR count). The Kier molecular flexibility index (Phi) is 5.20. The van der Waals surface area contributed by atoms with Crippen LogP contribution in [0.25, 0.3) is 0 Å². The molecule has 0 aliphatic carbocycles. The number of amides is 2. The van der Waals surface area contributed by atoms with E-state index in [1.54, 1.807) is 9.80 Å². The highest BCUT2D eigenvalue weighted by Gasteiger charge is 2.28. The van der Waals surface area contributed by atoms with Crippen LogP contribution in [0.5, 0.6) is 0 Å². The zero-order chi connectivity index (χ0) is 18.1. The predicted octanol–water partition coefficient (Wildman–Crippen LogP) is 1.89. The number of piperazine rings is 1. The number of hydrogen-bond donors (Lipinski definition) is 0. The molecule has 0 spiro atoms. The highest BCUT2D eigenvalue weighted by Crippen LogP contribution is 2.13. The average molecular weight is 336 g/mol. The van der Waals surface area contributed by atoms with Crippen LogP contribution in [-0.2, 0) is 16.1 Å². The molecule has 134 valence electrons. The van der Waals surface area contributed by atoms with Crippen molar-refractivity contribution in [2.45, 2.75) is 53.7 Å². The third kappa shape index (κ3) is 4.27. The van der Waals surface area contributed by atoms with Gasteiger partial charge in [-0.3, -0.25) is 4.79 Å². The lowest BCUT2D eigenvalue weighted by molar-refractivity contribution is -0.133. The summed E-state index contributed by atoms with van der Waals surface area (Å²) in [5.41, 5.74) is 1.47. The number of ether oxygens (including phenoxy) is 1. The van der Waals surface area contributed by atoms with Crippen LogP contribution in [0.4, 0.5) is 4.79 Å². The van der Waals surface area contributed by atoms with Gasteiger partial charge in [0.05, 0.1) is 5.69 Å². The van der Waals surface area contributed by atoms with Gasteiger partial charge in [-0.2, -0.15) is 0 Å². The molecule has 1 saturated heterocycles. The lowest BCUT2D eigenvalue weighted by atomic mass is 10.2. The number of hydrogen-bond acceptors (Lipinski definition) is 4. The summed E-state index contributed by atoms with van der Waals surface area (Å²) in [6, 6.07) is 0. The molecule has 1 aliphatic rings. The molecule has 7 nitrogen and oxygen atoms in total. The van der Waals surface area contributed by atoms with Gasteiger partial charge < -0.3 is 19.1 Å². The molecule has 1 fully saturated rings. The minimum absolute atomic E-state index is 0.0578. The monoisotopic (exact) mass is 336 g/mol. The van der Waals surface area contributed by atoms with Crippen molar-refractivity contribution in [2.75, 3.05) is 26.2 Å². The molecule has 0 radical (unpaired) electrons. The average Bonchev–Trinajstić information content (AvgIpc) is 2.72. The van der Waals surface area contributed by atoms with Gasteiger partial charge in [0.25, 0.3) is 0 Å². The largest absolute Gasteiger partial charge is 0.444 e. The van der Waals surface area contributed by atoms with Gasteiger partial charge in [0.1, 0.15) is 18.0 Å². The number of rotatable bonds is 2. The topological polar surface area (TPSA) is 67.7 Å². The van der Waals surface area contributed by atoms with E-state index in [9.17, 15) is 9.59 Å². The molecule has 7 heteroatoms. The van der Waals surface area contributed by atoms with Gasteiger partial charge >= 0.3 is 6.09 Å². The van der Waals surface area contributed by atoms with Crippen molar-refractivity contribution in [3.05, 3.63) is 17.2 Å². The zero-order valence-electron chi connectivity index (χ0n) is 15.5. The molecule has 0 atom stereocenters. The zero-order valence-corrected chi connectivity index (χ0v) is 15.5. The Bertz CT molecular complexity index is 623. The van der Waals surface area contributed by atoms with Crippen molar-refractivity contribution in [3.63, 3.8) is 0 Å². The maximum absolute atomic E-state index is 12.5. The number of nitrogens with zero attached hydrogens (tertiary/aromatic N) is 4. The second kappa shape index (κ2) is 6.83. The van der Waals surface area contributed by atoms with Crippen molar-refractivity contribution in [2.24, 2.45) is 0 Å². The minimum atomic E-state index is -0.502. The Labute approximate surface area is 143 Å². The van der Waals surface area contributed by atoms with Crippen LogP contribution in [0.2, 0.25) is 0 Å². The van der Waals surface area contributed by atoms with Crippen LogP contribution in [0.15, 0.2) is 0 Å². The fourth-order valence-corrected chi connectivity index (χ4v) is 2.76. The van der Waals surface area contributed by atoms with Gasteiger partial charge in [0.2, 0.25) is 5.91 Å². The summed E-state index contributed by atoms with van der Waals surface area (Å²) in [7, 11) is 0. The highest BCUT2D eigenvalue weighted by molar-refractivity contribution is 5.77. The smallest absolute Gasteiger partial charge is 0.410 e. The van der Waals surface area contributed by atoms with E-state index in [2.05, 4.69) is 4.98 Å². The Morgan fingerprint density at radius 2 is 1.58 bits per heavy atom. The van der Waals surface area contributed by atoms with Crippen LogP contribution < -0.4 is 0 Å². The first-order valence-electron chi connectivity index (χ1n) is 8.34. The van der Waals surface area contributed by atoms with E-state index in [-0.39, 0.29) is 12.0 Å². The van der Waals surface area contributed by atoms with Crippen molar-refractivity contribution < 1.29 is 14.3 Å². The van der Waals surface area contributed by atoms with E-state index in [1.165, 1.54) is 0 Å². The predicted molar refractivity (Wildman–Crippen MR) is 90.8 cm³/mol. The lowest BCUT2D eigenvalue weighted by Crippen LogP contribution is -2.52. The molecule has 0 saturated carbocycles. The molecule has 1 aromatic rings. The summed E-state index contributed by atoms with van der Waals surface area (Å²) in [6.07, 6.45) is -0.313. The quantitative estimate of drug-likeness (QED) is 0.827. The van der Waals surface area contributed by atoms with E-state index < -0.39 is 5.60 Å². The molecule has 24 heavy (non-hydrogen) atoms. The van der Waals surface area contributed by atoms with E-state index in [4.69, 9.17) is 4.74 Å². The number of carbonyl (C=O) groups excluding carboxylic acids is 2. The second-order valence-corrected chi connectivity index (χ2v) is 7.26. The lowest BCUT2D eigenvalue weighted by Gasteiger charge is -2.35. The molecule has 2 amide bonds. The van der Waals surface area contributed by atoms with Crippen molar-refractivity contribution in [1.29, 1.82) is 0 Å². The highest BCUT2D eigenvalue weighted by atomic mass is 16.6. The van der Waals surface area contributed by atoms with Crippen LogP contribution in [0, 0.1) is 20.8 Å². The molecule has 0 aromatic carbocycles. The van der Waals surface area contributed by atoms with Crippen molar-refractivity contribution in [1.82, 2.24) is 19.4 Å². The molecular formula is C17H28N4O3. The third-order valence-electron chi connectivity index (χ3n) is 4.23. The van der Waals surface area contributed by atoms with Crippen LogP contribution in [0.3, 0.4) is 0 Å². The molecule has 1 aliphatic heterocycles. The van der Waals surface area contributed by atoms with E-state index in [1.807, 2.05) is 46.1 Å². The van der Waals surface area contributed by atoms with Crippen LogP contribution >= 0.6 is 0 Å². The summed E-state index contributed by atoms with van der Waals surface area (Å²) < 4.78 is 7.32. The van der Waals surface area contributed by atoms with Gasteiger partial charge in [-0.15, -0.1) is 0 Å². The Hall–Kier alpha value is -2.05. The molecule has 2 heterocycles. The summed E-state index contributed by atoms with van der Waals surface area (Å²) in [5.74, 6) is 0.910. The first-order valence-corrected chi connectivity index (χ1v) is 8.34. The van der Waals surface area contributed by atoms with E-state index in [0.29, 0.717) is 32.7 Å². The van der Waals surface area contributed by atoms with Gasteiger partial charge in [-0.25, -0.2) is 9.78 Å². The normalized spacial score (nSPS) is 15.6. The van der Waals surface area contributed by atoms with Gasteiger partial charge in [0.15, 0.2) is 0 Å². The molecule has 0 bridgehead atoms. The molecule has 1 aromatic heterocycles.